The summed E-state index contributed by atoms with van der Waals surface area (Å²) in [6.07, 6.45) is 7.01. The molecule has 0 N–H and O–H groups in total. The summed E-state index contributed by atoms with van der Waals surface area (Å²) in [5.74, 6) is 1.26. The van der Waals surface area contributed by atoms with Crippen LogP contribution in [0.4, 0.5) is 0 Å². The molecule has 2 aliphatic heterocycles. The summed E-state index contributed by atoms with van der Waals surface area (Å²) in [5, 5.41) is 10.0. The zero-order valence-electron chi connectivity index (χ0n) is 15.4. The molecular formula is C20H25N5O. The van der Waals surface area contributed by atoms with E-state index in [-0.39, 0.29) is 0 Å². The molecule has 3 aromatic rings. The minimum atomic E-state index is 0.605. The second-order valence-electron chi connectivity index (χ2n) is 7.81. The Balaban J connectivity index is 1.44. The van der Waals surface area contributed by atoms with Gasteiger partial charge in [0.25, 0.3) is 0 Å². The molecule has 0 spiro atoms. The van der Waals surface area contributed by atoms with E-state index in [0.717, 1.165) is 24.4 Å². The summed E-state index contributed by atoms with van der Waals surface area (Å²) in [6.45, 7) is 6.54. The molecule has 136 valence electrons. The van der Waals surface area contributed by atoms with Gasteiger partial charge in [0.2, 0.25) is 0 Å². The Morgan fingerprint density at radius 1 is 1.15 bits per heavy atom. The van der Waals surface area contributed by atoms with Crippen LogP contribution in [0.15, 0.2) is 36.8 Å². The SMILES string of the molecule is CC1CN(C2COC2)CCC1c1ccc2cnn(-c3cnn(C)c3)c2c1. The quantitative estimate of drug-likeness (QED) is 0.728. The van der Waals surface area contributed by atoms with Gasteiger partial charge in [0.15, 0.2) is 0 Å². The number of nitrogens with zero attached hydrogens (tertiary/aromatic N) is 5. The number of hydrogen-bond acceptors (Lipinski definition) is 4. The van der Waals surface area contributed by atoms with E-state index in [2.05, 4.69) is 40.2 Å². The van der Waals surface area contributed by atoms with E-state index >= 15 is 0 Å². The number of benzene rings is 1. The van der Waals surface area contributed by atoms with Crippen molar-refractivity contribution in [3.8, 4) is 5.69 Å². The van der Waals surface area contributed by atoms with Gasteiger partial charge < -0.3 is 4.74 Å². The number of aryl methyl sites for hydroxylation is 1. The summed E-state index contributed by atoms with van der Waals surface area (Å²) >= 11 is 0. The van der Waals surface area contributed by atoms with Gasteiger partial charge in [-0.15, -0.1) is 0 Å². The van der Waals surface area contributed by atoms with Crippen LogP contribution in [0.25, 0.3) is 16.6 Å². The van der Waals surface area contributed by atoms with Crippen molar-refractivity contribution in [1.29, 1.82) is 0 Å². The van der Waals surface area contributed by atoms with Crippen LogP contribution in [0.5, 0.6) is 0 Å². The summed E-state index contributed by atoms with van der Waals surface area (Å²) in [4.78, 5) is 2.61. The Bertz CT molecular complexity index is 925. The first-order valence-corrected chi connectivity index (χ1v) is 9.47. The molecule has 2 aromatic heterocycles. The lowest BCUT2D eigenvalue weighted by atomic mass is 9.81. The average Bonchev–Trinajstić information content (AvgIpc) is 3.18. The molecule has 2 aliphatic rings. The van der Waals surface area contributed by atoms with Gasteiger partial charge in [-0.2, -0.15) is 10.2 Å². The van der Waals surface area contributed by atoms with Crippen molar-refractivity contribution in [3.05, 3.63) is 42.4 Å². The van der Waals surface area contributed by atoms with Gasteiger partial charge in [0.05, 0.1) is 43.4 Å². The molecule has 2 fully saturated rings. The standard InChI is InChI=1S/C20H25N5O/c1-14-10-24(18-12-26-13-18)6-5-19(14)15-3-4-16-8-22-25(20(16)7-15)17-9-21-23(2)11-17/h3-4,7-9,11,14,18-19H,5-6,10,12-13H2,1-2H3. The third-order valence-electron chi connectivity index (χ3n) is 6.03. The highest BCUT2D eigenvalue weighted by molar-refractivity contribution is 5.81. The minimum Gasteiger partial charge on any atom is -0.378 e. The Labute approximate surface area is 153 Å². The largest absolute Gasteiger partial charge is 0.378 e. The van der Waals surface area contributed by atoms with E-state index in [4.69, 9.17) is 4.74 Å². The number of aromatic nitrogens is 4. The predicted octanol–water partition coefficient (Wildman–Crippen LogP) is 2.58. The number of hydrogen-bond donors (Lipinski definition) is 0. The van der Waals surface area contributed by atoms with Gasteiger partial charge in [-0.1, -0.05) is 19.1 Å². The van der Waals surface area contributed by atoms with Crippen LogP contribution in [0.3, 0.4) is 0 Å². The van der Waals surface area contributed by atoms with Crippen LogP contribution < -0.4 is 0 Å². The van der Waals surface area contributed by atoms with Crippen molar-refractivity contribution in [2.75, 3.05) is 26.3 Å². The first-order chi connectivity index (χ1) is 12.7. The van der Waals surface area contributed by atoms with Crippen LogP contribution in [-0.4, -0.2) is 56.8 Å². The molecule has 0 saturated carbocycles. The highest BCUT2D eigenvalue weighted by atomic mass is 16.5. The van der Waals surface area contributed by atoms with Crippen LogP contribution in [0.2, 0.25) is 0 Å². The van der Waals surface area contributed by atoms with Crippen molar-refractivity contribution in [2.24, 2.45) is 13.0 Å². The van der Waals surface area contributed by atoms with Gasteiger partial charge in [0.1, 0.15) is 5.69 Å². The highest BCUT2D eigenvalue weighted by Crippen LogP contribution is 2.35. The highest BCUT2D eigenvalue weighted by Gasteiger charge is 2.33. The molecule has 6 nitrogen and oxygen atoms in total. The van der Waals surface area contributed by atoms with Crippen LogP contribution in [0.1, 0.15) is 24.8 Å². The van der Waals surface area contributed by atoms with E-state index in [1.807, 2.05) is 35.0 Å². The molecule has 0 radical (unpaired) electrons. The summed E-state index contributed by atoms with van der Waals surface area (Å²) < 4.78 is 9.18. The van der Waals surface area contributed by atoms with E-state index in [1.165, 1.54) is 30.5 Å². The monoisotopic (exact) mass is 351 g/mol. The van der Waals surface area contributed by atoms with Crippen molar-refractivity contribution < 1.29 is 4.74 Å². The number of fused-ring (bicyclic) bond motifs is 1. The Hall–Kier alpha value is -2.18. The summed E-state index contributed by atoms with van der Waals surface area (Å²) in [5.41, 5.74) is 3.60. The number of rotatable bonds is 3. The molecule has 0 bridgehead atoms. The maximum absolute atomic E-state index is 5.37. The Morgan fingerprint density at radius 2 is 2.04 bits per heavy atom. The maximum atomic E-state index is 5.37. The molecule has 4 heterocycles. The molecule has 2 unspecified atom stereocenters. The van der Waals surface area contributed by atoms with Gasteiger partial charge in [0, 0.05) is 19.0 Å². The second-order valence-corrected chi connectivity index (χ2v) is 7.81. The van der Waals surface area contributed by atoms with Crippen molar-refractivity contribution >= 4 is 10.9 Å². The fraction of sp³-hybridized carbons (Fsp3) is 0.500. The molecule has 5 rings (SSSR count). The number of piperidine rings is 1. The lowest BCUT2D eigenvalue weighted by Gasteiger charge is -2.44. The number of ether oxygens (including phenoxy) is 1. The third-order valence-corrected chi connectivity index (χ3v) is 6.03. The van der Waals surface area contributed by atoms with Gasteiger partial charge in [-0.05, 0) is 36.4 Å². The second kappa shape index (κ2) is 6.21. The molecule has 1 aromatic carbocycles. The Morgan fingerprint density at radius 3 is 2.73 bits per heavy atom. The molecular weight excluding hydrogens is 326 g/mol. The molecule has 0 amide bonds. The molecule has 6 heteroatoms. The average molecular weight is 351 g/mol. The van der Waals surface area contributed by atoms with Gasteiger partial charge >= 0.3 is 0 Å². The van der Waals surface area contributed by atoms with Crippen LogP contribution in [0, 0.1) is 5.92 Å². The maximum Gasteiger partial charge on any atom is 0.103 e. The van der Waals surface area contributed by atoms with Crippen molar-refractivity contribution in [3.63, 3.8) is 0 Å². The predicted molar refractivity (Wildman–Crippen MR) is 101 cm³/mol. The van der Waals surface area contributed by atoms with E-state index < -0.39 is 0 Å². The van der Waals surface area contributed by atoms with E-state index in [9.17, 15) is 0 Å². The first-order valence-electron chi connectivity index (χ1n) is 9.47. The van der Waals surface area contributed by atoms with E-state index in [1.54, 1.807) is 0 Å². The smallest absolute Gasteiger partial charge is 0.103 e. The fourth-order valence-electron chi connectivity index (χ4n) is 4.43. The number of likely N-dealkylation sites (tertiary alicyclic amines) is 1. The summed E-state index contributed by atoms with van der Waals surface area (Å²) in [6, 6.07) is 7.48. The van der Waals surface area contributed by atoms with Crippen LogP contribution >= 0.6 is 0 Å². The Kier molecular flexibility index (Phi) is 3.83. The lowest BCUT2D eigenvalue weighted by Crippen LogP contribution is -2.53. The van der Waals surface area contributed by atoms with Crippen molar-refractivity contribution in [2.45, 2.75) is 25.3 Å². The zero-order chi connectivity index (χ0) is 17.7. The molecule has 0 aliphatic carbocycles. The molecule has 26 heavy (non-hydrogen) atoms. The fourth-order valence-corrected chi connectivity index (χ4v) is 4.43. The van der Waals surface area contributed by atoms with E-state index in [0.29, 0.717) is 17.9 Å². The van der Waals surface area contributed by atoms with Gasteiger partial charge in [-0.3, -0.25) is 9.58 Å². The summed E-state index contributed by atoms with van der Waals surface area (Å²) in [7, 11) is 1.93. The molecule has 2 atom stereocenters. The van der Waals surface area contributed by atoms with Gasteiger partial charge in [-0.25, -0.2) is 4.68 Å². The van der Waals surface area contributed by atoms with Crippen LogP contribution in [-0.2, 0) is 11.8 Å². The lowest BCUT2D eigenvalue weighted by molar-refractivity contribution is -0.0773. The molecule has 2 saturated heterocycles. The third kappa shape index (κ3) is 2.64. The first kappa shape index (κ1) is 16.0. The normalized spacial score (nSPS) is 24.8. The zero-order valence-corrected chi connectivity index (χ0v) is 15.4. The minimum absolute atomic E-state index is 0.605. The van der Waals surface area contributed by atoms with Crippen molar-refractivity contribution in [1.82, 2.24) is 24.5 Å². The topological polar surface area (TPSA) is 48.1 Å².